The fourth-order valence-electron chi connectivity index (χ4n) is 2.35. The van der Waals surface area contributed by atoms with Gasteiger partial charge in [-0.1, -0.05) is 19.8 Å². The van der Waals surface area contributed by atoms with Gasteiger partial charge in [0.25, 0.3) is 0 Å². The van der Waals surface area contributed by atoms with Gasteiger partial charge in [-0.3, -0.25) is 4.79 Å². The Bertz CT molecular complexity index is 373. The third-order valence-electron chi connectivity index (χ3n) is 3.50. The zero-order valence-electron chi connectivity index (χ0n) is 12.0. The number of likely N-dealkylation sites (N-methyl/N-ethyl adjacent to an activating group) is 1. The monoisotopic (exact) mass is 285 g/mol. The van der Waals surface area contributed by atoms with Crippen LogP contribution in [0, 0.1) is 0 Å². The van der Waals surface area contributed by atoms with Gasteiger partial charge in [0.2, 0.25) is 5.91 Å². The number of carboxylic acids is 1. The van der Waals surface area contributed by atoms with E-state index in [0.717, 1.165) is 19.3 Å². The van der Waals surface area contributed by atoms with Gasteiger partial charge in [-0.2, -0.15) is 0 Å². The summed E-state index contributed by atoms with van der Waals surface area (Å²) in [7, 11) is 1.53. The molecule has 0 aromatic heterocycles. The Morgan fingerprint density at radius 1 is 1.40 bits per heavy atom. The number of hydrogen-bond acceptors (Lipinski definition) is 3. The Hall–Kier alpha value is -1.79. The molecule has 0 bridgehead atoms. The molecule has 1 heterocycles. The molecule has 1 aliphatic rings. The molecule has 0 aliphatic carbocycles. The molecule has 0 spiro atoms. The van der Waals surface area contributed by atoms with E-state index < -0.39 is 24.1 Å². The van der Waals surface area contributed by atoms with Crippen molar-refractivity contribution in [2.45, 2.75) is 51.1 Å². The van der Waals surface area contributed by atoms with Crippen molar-refractivity contribution in [3.63, 3.8) is 0 Å². The summed E-state index contributed by atoms with van der Waals surface area (Å²) in [6.45, 7) is 2.44. The standard InChI is InChI=1S/C13H23N3O4/c1-3-4-6-9(12(18)19)15-13(20)16-8-5-7-10(16)11(17)14-2/h9-10H,3-8H2,1-2H3,(H,14,17)(H,15,20)(H,18,19)/t9-,10?/m0/s1. The Balaban J connectivity index is 2.63. The van der Waals surface area contributed by atoms with Gasteiger partial charge < -0.3 is 20.6 Å². The van der Waals surface area contributed by atoms with Crippen LogP contribution in [0.4, 0.5) is 4.79 Å². The van der Waals surface area contributed by atoms with Gasteiger partial charge >= 0.3 is 12.0 Å². The summed E-state index contributed by atoms with van der Waals surface area (Å²) in [4.78, 5) is 36.3. The topological polar surface area (TPSA) is 98.7 Å². The number of nitrogens with zero attached hydrogens (tertiary/aromatic N) is 1. The highest BCUT2D eigenvalue weighted by Gasteiger charge is 2.34. The molecule has 0 aromatic rings. The van der Waals surface area contributed by atoms with Crippen LogP contribution in [0.25, 0.3) is 0 Å². The van der Waals surface area contributed by atoms with Gasteiger partial charge in [0.05, 0.1) is 0 Å². The number of carbonyl (C=O) groups is 3. The van der Waals surface area contributed by atoms with Crippen LogP contribution < -0.4 is 10.6 Å². The van der Waals surface area contributed by atoms with Crippen LogP contribution in [-0.2, 0) is 9.59 Å². The first-order valence-corrected chi connectivity index (χ1v) is 7.02. The second-order valence-corrected chi connectivity index (χ2v) is 4.95. The van der Waals surface area contributed by atoms with Crippen molar-refractivity contribution < 1.29 is 19.5 Å². The fourth-order valence-corrected chi connectivity index (χ4v) is 2.35. The van der Waals surface area contributed by atoms with Gasteiger partial charge in [-0.05, 0) is 19.3 Å². The number of carbonyl (C=O) groups excluding carboxylic acids is 2. The summed E-state index contributed by atoms with van der Waals surface area (Å²) in [5.41, 5.74) is 0. The zero-order chi connectivity index (χ0) is 15.1. The van der Waals surface area contributed by atoms with E-state index in [9.17, 15) is 14.4 Å². The number of hydrogen-bond donors (Lipinski definition) is 3. The van der Waals surface area contributed by atoms with E-state index >= 15 is 0 Å². The van der Waals surface area contributed by atoms with Gasteiger partial charge in [0.15, 0.2) is 0 Å². The van der Waals surface area contributed by atoms with Crippen molar-refractivity contribution in [1.82, 2.24) is 15.5 Å². The van der Waals surface area contributed by atoms with Crippen molar-refractivity contribution >= 4 is 17.9 Å². The van der Waals surface area contributed by atoms with Gasteiger partial charge in [-0.25, -0.2) is 9.59 Å². The number of nitrogens with one attached hydrogen (secondary N) is 2. The van der Waals surface area contributed by atoms with Crippen molar-refractivity contribution in [3.8, 4) is 0 Å². The highest BCUT2D eigenvalue weighted by molar-refractivity contribution is 5.89. The van der Waals surface area contributed by atoms with E-state index in [0.29, 0.717) is 19.4 Å². The second kappa shape index (κ2) is 7.72. The molecular weight excluding hydrogens is 262 g/mol. The van der Waals surface area contributed by atoms with Crippen molar-refractivity contribution in [3.05, 3.63) is 0 Å². The lowest BCUT2D eigenvalue weighted by atomic mass is 10.1. The van der Waals surface area contributed by atoms with E-state index in [4.69, 9.17) is 5.11 Å². The molecule has 1 unspecified atom stereocenters. The summed E-state index contributed by atoms with van der Waals surface area (Å²) in [5.74, 6) is -1.25. The summed E-state index contributed by atoms with van der Waals surface area (Å²) < 4.78 is 0. The molecule has 7 nitrogen and oxygen atoms in total. The third kappa shape index (κ3) is 4.11. The summed E-state index contributed by atoms with van der Waals surface area (Å²) in [6.07, 6.45) is 3.36. The number of amides is 3. The third-order valence-corrected chi connectivity index (χ3v) is 3.50. The Kier molecular flexibility index (Phi) is 6.27. The number of unbranched alkanes of at least 4 members (excludes halogenated alkanes) is 1. The van der Waals surface area contributed by atoms with Gasteiger partial charge in [-0.15, -0.1) is 0 Å². The molecule has 0 saturated carbocycles. The molecule has 7 heteroatoms. The van der Waals surface area contributed by atoms with Crippen molar-refractivity contribution in [2.24, 2.45) is 0 Å². The predicted octanol–water partition coefficient (Wildman–Crippen LogP) is 0.550. The Morgan fingerprint density at radius 3 is 2.65 bits per heavy atom. The minimum Gasteiger partial charge on any atom is -0.480 e. The Morgan fingerprint density at radius 2 is 2.10 bits per heavy atom. The molecule has 20 heavy (non-hydrogen) atoms. The lowest BCUT2D eigenvalue weighted by Gasteiger charge is -2.25. The maximum Gasteiger partial charge on any atom is 0.326 e. The molecule has 1 rings (SSSR count). The highest BCUT2D eigenvalue weighted by atomic mass is 16.4. The first kappa shape index (κ1) is 16.3. The number of aliphatic carboxylic acids is 1. The summed E-state index contributed by atoms with van der Waals surface area (Å²) in [5, 5.41) is 14.1. The predicted molar refractivity (Wildman–Crippen MR) is 73.3 cm³/mol. The maximum absolute atomic E-state index is 12.1. The Labute approximate surface area is 118 Å². The molecule has 1 saturated heterocycles. The minimum absolute atomic E-state index is 0.210. The number of urea groups is 1. The van der Waals surface area contributed by atoms with Gasteiger partial charge in [0.1, 0.15) is 12.1 Å². The van der Waals surface area contributed by atoms with Crippen molar-refractivity contribution in [2.75, 3.05) is 13.6 Å². The first-order valence-electron chi connectivity index (χ1n) is 7.02. The van der Waals surface area contributed by atoms with Crippen molar-refractivity contribution in [1.29, 1.82) is 0 Å². The lowest BCUT2D eigenvalue weighted by Crippen LogP contribution is -2.52. The van der Waals surface area contributed by atoms with Crippen LogP contribution in [-0.4, -0.2) is 53.6 Å². The van der Waals surface area contributed by atoms with E-state index in [-0.39, 0.29) is 5.91 Å². The molecule has 3 N–H and O–H groups in total. The van der Waals surface area contributed by atoms with Crippen LogP contribution in [0.15, 0.2) is 0 Å². The average molecular weight is 285 g/mol. The molecule has 0 radical (unpaired) electrons. The first-order chi connectivity index (χ1) is 9.51. The maximum atomic E-state index is 12.1. The summed E-state index contributed by atoms with van der Waals surface area (Å²) in [6, 6.07) is -1.87. The smallest absolute Gasteiger partial charge is 0.326 e. The number of rotatable bonds is 6. The van der Waals surface area contributed by atoms with E-state index in [1.54, 1.807) is 0 Å². The normalized spacial score (nSPS) is 19.5. The van der Waals surface area contributed by atoms with Crippen LogP contribution in [0.1, 0.15) is 39.0 Å². The lowest BCUT2D eigenvalue weighted by molar-refractivity contribution is -0.139. The SMILES string of the molecule is CCCC[C@H](NC(=O)N1CCCC1C(=O)NC)C(=O)O. The second-order valence-electron chi connectivity index (χ2n) is 4.95. The molecule has 2 atom stereocenters. The molecule has 1 fully saturated rings. The van der Waals surface area contributed by atoms with Crippen LogP contribution in [0.3, 0.4) is 0 Å². The average Bonchev–Trinajstić information content (AvgIpc) is 2.91. The molecular formula is C13H23N3O4. The molecule has 1 aliphatic heterocycles. The quantitative estimate of drug-likeness (QED) is 0.663. The van der Waals surface area contributed by atoms with Gasteiger partial charge in [0, 0.05) is 13.6 Å². The van der Waals surface area contributed by atoms with E-state index in [1.807, 2.05) is 6.92 Å². The van der Waals surface area contributed by atoms with Crippen LogP contribution in [0.5, 0.6) is 0 Å². The number of likely N-dealkylation sites (tertiary alicyclic amines) is 1. The zero-order valence-corrected chi connectivity index (χ0v) is 12.0. The summed E-state index contributed by atoms with van der Waals surface area (Å²) >= 11 is 0. The highest BCUT2D eigenvalue weighted by Crippen LogP contribution is 2.17. The van der Waals surface area contributed by atoms with Crippen LogP contribution in [0.2, 0.25) is 0 Å². The molecule has 0 aromatic carbocycles. The van der Waals surface area contributed by atoms with E-state index in [1.165, 1.54) is 11.9 Å². The van der Waals surface area contributed by atoms with E-state index in [2.05, 4.69) is 10.6 Å². The molecule has 114 valence electrons. The fraction of sp³-hybridized carbons (Fsp3) is 0.769. The number of carboxylic acid groups (broad SMARTS) is 1. The minimum atomic E-state index is -1.04. The van der Waals surface area contributed by atoms with Crippen LogP contribution >= 0.6 is 0 Å². The largest absolute Gasteiger partial charge is 0.480 e. The molecule has 3 amide bonds.